The first kappa shape index (κ1) is 20.6. The topological polar surface area (TPSA) is 58.6 Å². The van der Waals surface area contributed by atoms with Gasteiger partial charge in [-0.1, -0.05) is 12.1 Å². The van der Waals surface area contributed by atoms with Crippen LogP contribution in [0.3, 0.4) is 0 Å². The number of amides is 1. The Morgan fingerprint density at radius 2 is 2.07 bits per heavy atom. The lowest BCUT2D eigenvalue weighted by atomic mass is 10.1. The highest BCUT2D eigenvalue weighted by atomic mass is 32.1. The van der Waals surface area contributed by atoms with Crippen molar-refractivity contribution in [2.75, 3.05) is 31.6 Å². The van der Waals surface area contributed by atoms with Gasteiger partial charge in [0.2, 0.25) is 11.0 Å². The summed E-state index contributed by atoms with van der Waals surface area (Å²) in [5.74, 6) is 1.90. The third kappa shape index (κ3) is 5.44. The van der Waals surface area contributed by atoms with Crippen molar-refractivity contribution >= 4 is 22.6 Å². The molecule has 2 aromatic rings. The standard InChI is InChI=1S/C21H30N4O2S/c1-16(2)25(13-10-20(26)24-11-5-4-6-12-24)21-22-19(23-28-21)15-17-8-7-9-18(14-17)27-3/h7-9,14,16H,4-6,10-13,15H2,1-3H3. The Labute approximate surface area is 171 Å². The van der Waals surface area contributed by atoms with Gasteiger partial charge in [-0.05, 0) is 50.8 Å². The first-order valence-corrected chi connectivity index (χ1v) is 10.8. The highest BCUT2D eigenvalue weighted by Crippen LogP contribution is 2.23. The van der Waals surface area contributed by atoms with Crippen LogP contribution in [-0.4, -0.2) is 53.0 Å². The van der Waals surface area contributed by atoms with Crippen LogP contribution in [0.1, 0.15) is 50.9 Å². The van der Waals surface area contributed by atoms with E-state index in [9.17, 15) is 4.79 Å². The first-order valence-electron chi connectivity index (χ1n) is 10.1. The summed E-state index contributed by atoms with van der Waals surface area (Å²) in [5.41, 5.74) is 1.13. The molecule has 1 aromatic carbocycles. The predicted octanol–water partition coefficient (Wildman–Crippen LogP) is 3.75. The molecule has 6 nitrogen and oxygen atoms in total. The fraction of sp³-hybridized carbons (Fsp3) is 0.571. The number of anilines is 1. The number of nitrogens with zero attached hydrogens (tertiary/aromatic N) is 4. The molecule has 152 valence electrons. The summed E-state index contributed by atoms with van der Waals surface area (Å²) >= 11 is 1.41. The van der Waals surface area contributed by atoms with E-state index in [0.29, 0.717) is 19.4 Å². The van der Waals surface area contributed by atoms with Crippen molar-refractivity contribution in [2.24, 2.45) is 0 Å². The average Bonchev–Trinajstić information content (AvgIpc) is 3.16. The Morgan fingerprint density at radius 1 is 1.29 bits per heavy atom. The predicted molar refractivity (Wildman–Crippen MR) is 113 cm³/mol. The van der Waals surface area contributed by atoms with Gasteiger partial charge in [0.1, 0.15) is 11.6 Å². The van der Waals surface area contributed by atoms with Crippen molar-refractivity contribution in [3.8, 4) is 5.75 Å². The van der Waals surface area contributed by atoms with Gasteiger partial charge in [-0.25, -0.2) is 4.98 Å². The number of carbonyl (C=O) groups is 1. The second-order valence-corrected chi connectivity index (χ2v) is 8.23. The van der Waals surface area contributed by atoms with E-state index >= 15 is 0 Å². The molecule has 0 N–H and O–H groups in total. The van der Waals surface area contributed by atoms with Crippen LogP contribution in [-0.2, 0) is 11.2 Å². The summed E-state index contributed by atoms with van der Waals surface area (Å²) < 4.78 is 9.83. The summed E-state index contributed by atoms with van der Waals surface area (Å²) in [5, 5.41) is 0.888. The third-order valence-corrected chi connectivity index (χ3v) is 5.89. The number of ether oxygens (including phenoxy) is 1. The fourth-order valence-corrected chi connectivity index (χ4v) is 4.34. The number of hydrogen-bond donors (Lipinski definition) is 0. The smallest absolute Gasteiger partial charge is 0.224 e. The number of likely N-dealkylation sites (tertiary alicyclic amines) is 1. The average molecular weight is 403 g/mol. The van der Waals surface area contributed by atoms with Gasteiger partial charge in [0.05, 0.1) is 7.11 Å². The zero-order valence-corrected chi connectivity index (χ0v) is 17.9. The van der Waals surface area contributed by atoms with Crippen molar-refractivity contribution in [2.45, 2.75) is 52.0 Å². The zero-order chi connectivity index (χ0) is 19.9. The molecule has 1 aliphatic heterocycles. The normalized spacial score (nSPS) is 14.4. The highest BCUT2D eigenvalue weighted by Gasteiger charge is 2.20. The molecule has 1 aliphatic rings. The Bertz CT molecular complexity index is 771. The van der Waals surface area contributed by atoms with Gasteiger partial charge in [0, 0.05) is 50.1 Å². The maximum Gasteiger partial charge on any atom is 0.224 e. The van der Waals surface area contributed by atoms with Crippen LogP contribution >= 0.6 is 11.5 Å². The summed E-state index contributed by atoms with van der Waals surface area (Å²) in [6, 6.07) is 8.25. The zero-order valence-electron chi connectivity index (χ0n) is 17.1. The summed E-state index contributed by atoms with van der Waals surface area (Å²) in [4.78, 5) is 21.5. The second kappa shape index (κ2) is 9.87. The minimum Gasteiger partial charge on any atom is -0.497 e. The van der Waals surface area contributed by atoms with Crippen LogP contribution in [0.15, 0.2) is 24.3 Å². The van der Waals surface area contributed by atoms with Crippen LogP contribution in [0.5, 0.6) is 5.75 Å². The van der Waals surface area contributed by atoms with E-state index in [2.05, 4.69) is 29.2 Å². The minimum atomic E-state index is 0.256. The van der Waals surface area contributed by atoms with E-state index in [1.165, 1.54) is 18.0 Å². The molecular formula is C21H30N4O2S. The fourth-order valence-electron chi connectivity index (χ4n) is 3.49. The quantitative estimate of drug-likeness (QED) is 0.673. The Balaban J connectivity index is 1.61. The molecule has 1 aromatic heterocycles. The third-order valence-electron chi connectivity index (χ3n) is 5.10. The van der Waals surface area contributed by atoms with Crippen LogP contribution < -0.4 is 9.64 Å². The van der Waals surface area contributed by atoms with Crippen molar-refractivity contribution in [3.05, 3.63) is 35.7 Å². The molecule has 0 unspecified atom stereocenters. The number of methoxy groups -OCH3 is 1. The van der Waals surface area contributed by atoms with Crippen molar-refractivity contribution in [1.82, 2.24) is 14.3 Å². The van der Waals surface area contributed by atoms with Crippen LogP contribution in [0.2, 0.25) is 0 Å². The highest BCUT2D eigenvalue weighted by molar-refractivity contribution is 7.09. The maximum atomic E-state index is 12.5. The molecule has 2 heterocycles. The molecule has 3 rings (SSSR count). The molecule has 7 heteroatoms. The lowest BCUT2D eigenvalue weighted by Crippen LogP contribution is -2.39. The molecule has 0 aliphatic carbocycles. The number of hydrogen-bond acceptors (Lipinski definition) is 6. The summed E-state index contributed by atoms with van der Waals surface area (Å²) in [6.45, 7) is 6.76. The van der Waals surface area contributed by atoms with Crippen LogP contribution in [0, 0.1) is 0 Å². The number of benzene rings is 1. The molecule has 1 amide bonds. The molecule has 0 radical (unpaired) electrons. The van der Waals surface area contributed by atoms with Crippen molar-refractivity contribution in [3.63, 3.8) is 0 Å². The van der Waals surface area contributed by atoms with Crippen LogP contribution in [0.25, 0.3) is 0 Å². The van der Waals surface area contributed by atoms with Gasteiger partial charge in [-0.15, -0.1) is 0 Å². The Morgan fingerprint density at radius 3 is 2.79 bits per heavy atom. The molecule has 1 fully saturated rings. The minimum absolute atomic E-state index is 0.256. The van der Waals surface area contributed by atoms with E-state index in [1.54, 1.807) is 7.11 Å². The molecule has 0 atom stereocenters. The monoisotopic (exact) mass is 402 g/mol. The lowest BCUT2D eigenvalue weighted by molar-refractivity contribution is -0.131. The van der Waals surface area contributed by atoms with Gasteiger partial charge in [-0.3, -0.25) is 4.79 Å². The number of carbonyl (C=O) groups excluding carboxylic acids is 1. The molecule has 1 saturated heterocycles. The van der Waals surface area contributed by atoms with Crippen LogP contribution in [0.4, 0.5) is 5.13 Å². The van der Waals surface area contributed by atoms with Crippen molar-refractivity contribution < 1.29 is 9.53 Å². The van der Waals surface area contributed by atoms with Gasteiger partial charge in [0.15, 0.2) is 0 Å². The Kier molecular flexibility index (Phi) is 7.25. The lowest BCUT2D eigenvalue weighted by Gasteiger charge is -2.29. The van der Waals surface area contributed by atoms with Gasteiger partial charge < -0.3 is 14.5 Å². The van der Waals surface area contributed by atoms with E-state index in [1.807, 2.05) is 23.1 Å². The largest absolute Gasteiger partial charge is 0.497 e. The molecule has 0 bridgehead atoms. The van der Waals surface area contributed by atoms with Gasteiger partial charge >= 0.3 is 0 Å². The van der Waals surface area contributed by atoms with E-state index < -0.39 is 0 Å². The molecule has 0 saturated carbocycles. The summed E-state index contributed by atoms with van der Waals surface area (Å²) in [7, 11) is 1.67. The van der Waals surface area contributed by atoms with Gasteiger partial charge in [0.25, 0.3) is 0 Å². The molecule has 0 spiro atoms. The number of rotatable bonds is 8. The van der Waals surface area contributed by atoms with E-state index in [0.717, 1.165) is 48.2 Å². The number of aromatic nitrogens is 2. The van der Waals surface area contributed by atoms with E-state index in [-0.39, 0.29) is 11.9 Å². The SMILES string of the molecule is COc1cccc(Cc2nsc(N(CCC(=O)N3CCCCC3)C(C)C)n2)c1. The molecular weight excluding hydrogens is 372 g/mol. The number of piperidine rings is 1. The maximum absolute atomic E-state index is 12.5. The summed E-state index contributed by atoms with van der Waals surface area (Å²) in [6.07, 6.45) is 4.70. The van der Waals surface area contributed by atoms with Crippen molar-refractivity contribution in [1.29, 1.82) is 0 Å². The van der Waals surface area contributed by atoms with E-state index in [4.69, 9.17) is 9.72 Å². The van der Waals surface area contributed by atoms with Gasteiger partial charge in [-0.2, -0.15) is 4.37 Å². The molecule has 28 heavy (non-hydrogen) atoms. The second-order valence-electron chi connectivity index (χ2n) is 7.50. The Hall–Kier alpha value is -2.15. The first-order chi connectivity index (χ1) is 13.6.